The van der Waals surface area contributed by atoms with Crippen molar-refractivity contribution >= 4 is 29.3 Å². The molecule has 2 heterocycles. The molecule has 1 atom stereocenters. The highest BCUT2D eigenvalue weighted by Gasteiger charge is 2.47. The molecule has 5 rings (SSSR count). The number of rotatable bonds is 7. The molecule has 1 unspecified atom stereocenters. The predicted octanol–water partition coefficient (Wildman–Crippen LogP) is 4.46. The van der Waals surface area contributed by atoms with E-state index >= 15 is 0 Å². The Morgan fingerprint density at radius 3 is 2.50 bits per heavy atom. The highest BCUT2D eigenvalue weighted by molar-refractivity contribution is 7.98. The Kier molecular flexibility index (Phi) is 7.75. The van der Waals surface area contributed by atoms with Gasteiger partial charge in [0.2, 0.25) is 0 Å². The van der Waals surface area contributed by atoms with Gasteiger partial charge in [0.05, 0.1) is 11.1 Å². The van der Waals surface area contributed by atoms with E-state index in [9.17, 15) is 14.7 Å². The minimum atomic E-state index is -0.855. The molecule has 0 radical (unpaired) electrons. The fraction of sp³-hybridized carbons (Fsp3) is 0.571. The summed E-state index contributed by atoms with van der Waals surface area (Å²) >= 11 is 8.08. The Balaban J connectivity index is 1.26. The molecule has 2 fully saturated rings. The molecule has 8 nitrogen and oxygen atoms in total. The number of pyridine rings is 1. The average molecular weight is 562 g/mol. The van der Waals surface area contributed by atoms with Gasteiger partial charge in [-0.2, -0.15) is 0 Å². The standard InChI is InChI=1S/C28H36ClN3O5S/c1-14-9-23(38-4)21(27(35)31-14)13-30-26(34)20-12-22(29)25-24(15(20)2)36-28(3,37-25)16-5-7-17(8-6-16)32-18-10-19(33)11-18/h9,12,16-19,32-33H,5-8,10-11,13H2,1-4H3,(H,30,34)(H,31,35)/t16-,17-,18-,19-,28?. The average Bonchev–Trinajstić information content (AvgIpc) is 3.24. The van der Waals surface area contributed by atoms with Gasteiger partial charge in [0, 0.05) is 58.7 Å². The summed E-state index contributed by atoms with van der Waals surface area (Å²) in [6, 6.07) is 4.39. The number of hydrogen-bond acceptors (Lipinski definition) is 7. The molecule has 0 bridgehead atoms. The summed E-state index contributed by atoms with van der Waals surface area (Å²) in [6.45, 7) is 5.72. The van der Waals surface area contributed by atoms with Gasteiger partial charge in [-0.25, -0.2) is 0 Å². The van der Waals surface area contributed by atoms with Crippen molar-refractivity contribution in [3.8, 4) is 11.5 Å². The van der Waals surface area contributed by atoms with E-state index in [0.717, 1.165) is 49.1 Å². The summed E-state index contributed by atoms with van der Waals surface area (Å²) in [5.74, 6) is -0.0141. The molecule has 38 heavy (non-hydrogen) atoms. The lowest BCUT2D eigenvalue weighted by atomic mass is 9.80. The Hall–Kier alpha value is -2.20. The minimum Gasteiger partial charge on any atom is -0.448 e. The van der Waals surface area contributed by atoms with E-state index in [1.165, 1.54) is 11.8 Å². The van der Waals surface area contributed by atoms with Crippen molar-refractivity contribution in [1.82, 2.24) is 15.6 Å². The number of fused-ring (bicyclic) bond motifs is 1. The largest absolute Gasteiger partial charge is 0.448 e. The molecular weight excluding hydrogens is 526 g/mol. The molecule has 1 aromatic heterocycles. The van der Waals surface area contributed by atoms with Gasteiger partial charge in [-0.05, 0) is 70.8 Å². The molecule has 1 aliphatic heterocycles. The van der Waals surface area contributed by atoms with Crippen molar-refractivity contribution in [3.05, 3.63) is 49.9 Å². The zero-order valence-corrected chi connectivity index (χ0v) is 23.9. The number of aromatic nitrogens is 1. The summed E-state index contributed by atoms with van der Waals surface area (Å²) in [5, 5.41) is 16.4. The number of benzene rings is 1. The van der Waals surface area contributed by atoms with Crippen LogP contribution in [0.15, 0.2) is 21.8 Å². The van der Waals surface area contributed by atoms with Crippen LogP contribution < -0.4 is 25.7 Å². The van der Waals surface area contributed by atoms with Gasteiger partial charge in [-0.15, -0.1) is 11.8 Å². The number of carbonyl (C=O) groups excluding carboxylic acids is 1. The van der Waals surface area contributed by atoms with Crippen LogP contribution in [0.25, 0.3) is 0 Å². The van der Waals surface area contributed by atoms with Crippen LogP contribution in [0.2, 0.25) is 5.02 Å². The summed E-state index contributed by atoms with van der Waals surface area (Å²) in [5.41, 5.74) is 2.14. The van der Waals surface area contributed by atoms with Gasteiger partial charge in [-0.1, -0.05) is 11.6 Å². The molecule has 0 spiro atoms. The SMILES string of the molecule is CSc1cc(C)[nH]c(=O)c1CNC(=O)c1cc(Cl)c2c(c1C)OC(C)([C@H]1CC[C@H](N[C@H]3C[C@H](O)C3)CC1)O2. The number of aliphatic hydroxyl groups is 1. The first-order valence-corrected chi connectivity index (χ1v) is 14.9. The highest BCUT2D eigenvalue weighted by Crippen LogP contribution is 2.51. The van der Waals surface area contributed by atoms with Crippen LogP contribution in [-0.4, -0.2) is 46.2 Å². The Morgan fingerprint density at radius 2 is 1.84 bits per heavy atom. The predicted molar refractivity (Wildman–Crippen MR) is 149 cm³/mol. The molecule has 1 aromatic carbocycles. The molecule has 2 aliphatic carbocycles. The number of hydrogen-bond donors (Lipinski definition) is 4. The van der Waals surface area contributed by atoms with E-state index < -0.39 is 5.79 Å². The van der Waals surface area contributed by atoms with Gasteiger partial charge < -0.3 is 30.2 Å². The van der Waals surface area contributed by atoms with E-state index in [1.807, 2.05) is 33.1 Å². The summed E-state index contributed by atoms with van der Waals surface area (Å²) in [7, 11) is 0. The summed E-state index contributed by atoms with van der Waals surface area (Å²) in [6.07, 6.45) is 7.37. The van der Waals surface area contributed by atoms with Crippen molar-refractivity contribution in [2.24, 2.45) is 5.92 Å². The lowest BCUT2D eigenvalue weighted by Crippen LogP contribution is -2.51. The molecule has 4 N–H and O–H groups in total. The molecule has 10 heteroatoms. The van der Waals surface area contributed by atoms with E-state index in [4.69, 9.17) is 21.1 Å². The minimum absolute atomic E-state index is 0.102. The van der Waals surface area contributed by atoms with Crippen molar-refractivity contribution in [2.75, 3.05) is 6.26 Å². The second-order valence-electron chi connectivity index (χ2n) is 11.0. The summed E-state index contributed by atoms with van der Waals surface area (Å²) in [4.78, 5) is 29.3. The van der Waals surface area contributed by atoms with Crippen LogP contribution in [0.3, 0.4) is 0 Å². The number of aromatic amines is 1. The molecular formula is C28H36ClN3O5S. The van der Waals surface area contributed by atoms with E-state index in [-0.39, 0.29) is 30.0 Å². The number of amides is 1. The Morgan fingerprint density at radius 1 is 1.16 bits per heavy atom. The Labute approximate surface area is 232 Å². The normalized spacial score (nSPS) is 28.2. The van der Waals surface area contributed by atoms with Crippen molar-refractivity contribution in [1.29, 1.82) is 0 Å². The summed E-state index contributed by atoms with van der Waals surface area (Å²) < 4.78 is 12.8. The second-order valence-corrected chi connectivity index (χ2v) is 12.2. The number of halogens is 1. The molecule has 3 aliphatic rings. The third kappa shape index (κ3) is 5.30. The molecule has 206 valence electrons. The van der Waals surface area contributed by atoms with Gasteiger partial charge >= 0.3 is 0 Å². The van der Waals surface area contributed by atoms with E-state index in [2.05, 4.69) is 15.6 Å². The van der Waals surface area contributed by atoms with Crippen molar-refractivity contribution in [3.63, 3.8) is 0 Å². The number of H-pyrrole nitrogens is 1. The third-order valence-electron chi connectivity index (χ3n) is 8.22. The van der Waals surface area contributed by atoms with Crippen molar-refractivity contribution in [2.45, 2.75) is 94.7 Å². The molecule has 2 saturated carbocycles. The van der Waals surface area contributed by atoms with Crippen molar-refractivity contribution < 1.29 is 19.4 Å². The van der Waals surface area contributed by atoms with Crippen LogP contribution in [0.5, 0.6) is 11.5 Å². The second kappa shape index (κ2) is 10.8. The van der Waals surface area contributed by atoms with Gasteiger partial charge in [0.1, 0.15) is 0 Å². The smallest absolute Gasteiger partial charge is 0.254 e. The fourth-order valence-electron chi connectivity index (χ4n) is 5.89. The molecule has 0 saturated heterocycles. The monoisotopic (exact) mass is 561 g/mol. The fourth-order valence-corrected chi connectivity index (χ4v) is 6.83. The quantitative estimate of drug-likeness (QED) is 0.369. The first-order chi connectivity index (χ1) is 18.1. The maximum Gasteiger partial charge on any atom is 0.254 e. The number of aliphatic hydroxyl groups excluding tert-OH is 1. The van der Waals surface area contributed by atoms with Crippen LogP contribution in [0, 0.1) is 19.8 Å². The van der Waals surface area contributed by atoms with E-state index in [1.54, 1.807) is 6.07 Å². The number of ether oxygens (including phenoxy) is 2. The van der Waals surface area contributed by atoms with Crippen LogP contribution >= 0.6 is 23.4 Å². The first-order valence-electron chi connectivity index (χ1n) is 13.3. The zero-order valence-electron chi connectivity index (χ0n) is 22.3. The van der Waals surface area contributed by atoms with Crippen LogP contribution in [-0.2, 0) is 6.54 Å². The van der Waals surface area contributed by atoms with Gasteiger partial charge in [-0.3, -0.25) is 9.59 Å². The van der Waals surface area contributed by atoms with Crippen LogP contribution in [0.4, 0.5) is 0 Å². The topological polar surface area (TPSA) is 113 Å². The first kappa shape index (κ1) is 27.4. The maximum atomic E-state index is 13.2. The van der Waals surface area contributed by atoms with Gasteiger partial charge in [0.15, 0.2) is 11.5 Å². The zero-order chi connectivity index (χ0) is 27.2. The molecule has 2 aromatic rings. The number of carbonyl (C=O) groups is 1. The number of nitrogens with one attached hydrogen (secondary N) is 3. The lowest BCUT2D eigenvalue weighted by Gasteiger charge is -2.40. The number of aryl methyl sites for hydroxylation is 1. The highest BCUT2D eigenvalue weighted by atomic mass is 35.5. The maximum absolute atomic E-state index is 13.2. The van der Waals surface area contributed by atoms with Crippen LogP contribution in [0.1, 0.15) is 72.6 Å². The number of thioether (sulfide) groups is 1. The third-order valence-corrected chi connectivity index (χ3v) is 9.31. The lowest BCUT2D eigenvalue weighted by molar-refractivity contribution is -0.121. The van der Waals surface area contributed by atoms with E-state index in [0.29, 0.717) is 45.3 Å². The Bertz CT molecular complexity index is 1290. The van der Waals surface area contributed by atoms with Gasteiger partial charge in [0.25, 0.3) is 17.3 Å². The molecule has 1 amide bonds.